The van der Waals surface area contributed by atoms with E-state index >= 15 is 0 Å². The molecule has 322 valence electrons. The van der Waals surface area contributed by atoms with E-state index in [9.17, 15) is 0 Å². The van der Waals surface area contributed by atoms with Crippen molar-refractivity contribution in [3.05, 3.63) is 185 Å². The van der Waals surface area contributed by atoms with E-state index in [1.807, 2.05) is 6.20 Å². The van der Waals surface area contributed by atoms with E-state index in [0.29, 0.717) is 0 Å². The van der Waals surface area contributed by atoms with E-state index in [0.717, 1.165) is 61.9 Å². The fourth-order valence-corrected chi connectivity index (χ4v) is 10.1. The van der Waals surface area contributed by atoms with Gasteiger partial charge in [-0.15, -0.1) is 35.2 Å². The van der Waals surface area contributed by atoms with E-state index in [2.05, 4.69) is 230 Å². The third kappa shape index (κ3) is 6.95. The van der Waals surface area contributed by atoms with Gasteiger partial charge in [-0.05, 0) is 94.8 Å². The van der Waals surface area contributed by atoms with Crippen LogP contribution in [0.1, 0.15) is 94.5 Å². The summed E-state index contributed by atoms with van der Waals surface area (Å²) in [5.41, 5.74) is 18.5. The van der Waals surface area contributed by atoms with Crippen LogP contribution in [-0.2, 0) is 37.3 Å². The zero-order chi connectivity index (χ0) is 44.2. The molecule has 0 bridgehead atoms. The Morgan fingerprint density at radius 3 is 2.00 bits per heavy atom. The Balaban J connectivity index is 0.00000518. The molecule has 0 N–H and O–H groups in total. The molecule has 5 nitrogen and oxygen atoms in total. The number of rotatable bonds is 5. The second-order valence-corrected chi connectivity index (χ2v) is 20.1. The minimum absolute atomic E-state index is 0. The summed E-state index contributed by atoms with van der Waals surface area (Å²) in [4.78, 5) is 7.35. The summed E-state index contributed by atoms with van der Waals surface area (Å²) in [7, 11) is 0. The number of aromatic nitrogens is 4. The van der Waals surface area contributed by atoms with E-state index in [4.69, 9.17) is 10.1 Å². The summed E-state index contributed by atoms with van der Waals surface area (Å²) in [5, 5.41) is 7.91. The molecule has 0 spiro atoms. The van der Waals surface area contributed by atoms with Gasteiger partial charge in [-0.1, -0.05) is 157 Å². The zero-order valence-corrected chi connectivity index (χ0v) is 41.0. The monoisotopic (exact) mass is 1020 g/mol. The molecule has 6 heteroatoms. The number of pyridine rings is 1. The molecule has 10 rings (SSSR count). The zero-order valence-electron chi connectivity index (χ0n) is 38.8. The average molecular weight is 1020 g/mol. The van der Waals surface area contributed by atoms with Crippen molar-refractivity contribution in [1.29, 1.82) is 0 Å². The third-order valence-corrected chi connectivity index (χ3v) is 13.1. The minimum atomic E-state index is -0.304. The standard InChI is InChI=1S/C58H55N5.Pt/c1-36-31-37(2)52(38(3)32-36)53-54(39-19-13-12-14-20-39)60-63(55(53)57(7,8)9)42-26-28-46-50(35-42)61(48-24-18-16-22-45(48)58(46,10)11)41-25-27-44-43-21-15-17-23-47(43)62(49(44)34-41)51-33-40(29-30-59-51)56(4,5)6;/h12-33H,1-11H3;/q-2;+2. The normalized spacial score (nSPS) is 13.5. The maximum atomic E-state index is 5.61. The predicted octanol–water partition coefficient (Wildman–Crippen LogP) is 14.9. The first-order chi connectivity index (χ1) is 30.0. The Morgan fingerprint density at radius 2 is 1.28 bits per heavy atom. The largest absolute Gasteiger partial charge is 2.00 e. The van der Waals surface area contributed by atoms with Crippen molar-refractivity contribution in [2.45, 2.75) is 92.4 Å². The molecule has 64 heavy (non-hydrogen) atoms. The maximum absolute atomic E-state index is 5.61. The molecular formula is C58H55N5Pt. The fourth-order valence-electron chi connectivity index (χ4n) is 10.1. The molecule has 6 aromatic carbocycles. The smallest absolute Gasteiger partial charge is 0.358 e. The van der Waals surface area contributed by atoms with Crippen molar-refractivity contribution in [3.63, 3.8) is 0 Å². The average Bonchev–Trinajstić information content (AvgIpc) is 3.80. The Bertz CT molecular complexity index is 3240. The van der Waals surface area contributed by atoms with Crippen molar-refractivity contribution in [2.75, 3.05) is 4.90 Å². The van der Waals surface area contributed by atoms with Gasteiger partial charge < -0.3 is 9.47 Å². The number of para-hydroxylation sites is 2. The van der Waals surface area contributed by atoms with Crippen molar-refractivity contribution in [3.8, 4) is 33.9 Å². The minimum Gasteiger partial charge on any atom is -0.358 e. The second-order valence-electron chi connectivity index (χ2n) is 20.1. The molecule has 0 atom stereocenters. The second kappa shape index (κ2) is 15.6. The molecular weight excluding hydrogens is 962 g/mol. The summed E-state index contributed by atoms with van der Waals surface area (Å²) in [6.45, 7) is 25.0. The first-order valence-corrected chi connectivity index (χ1v) is 22.2. The molecule has 4 heterocycles. The molecule has 0 aliphatic carbocycles. The van der Waals surface area contributed by atoms with Crippen LogP contribution in [0.25, 0.3) is 55.7 Å². The number of aryl methyl sites for hydroxylation is 3. The first-order valence-electron chi connectivity index (χ1n) is 22.2. The van der Waals surface area contributed by atoms with Crippen molar-refractivity contribution in [1.82, 2.24) is 19.3 Å². The van der Waals surface area contributed by atoms with Crippen LogP contribution in [0.2, 0.25) is 0 Å². The summed E-state index contributed by atoms with van der Waals surface area (Å²) in [6, 6.07) is 54.1. The van der Waals surface area contributed by atoms with Crippen LogP contribution in [-0.4, -0.2) is 19.3 Å². The Kier molecular flexibility index (Phi) is 10.5. The molecule has 1 aliphatic heterocycles. The van der Waals surface area contributed by atoms with Crippen molar-refractivity contribution in [2.24, 2.45) is 0 Å². The number of hydrogen-bond donors (Lipinski definition) is 0. The van der Waals surface area contributed by atoms with Gasteiger partial charge in [-0.25, -0.2) is 4.98 Å². The molecule has 0 fully saturated rings. The van der Waals surface area contributed by atoms with E-state index in [-0.39, 0.29) is 37.3 Å². The SMILES string of the molecule is Cc1cc(C)c(-c2c(-c3ccccc3)nn(-c3[c-]c4c(cc3)C(C)(C)c3ccccc3N4c3[c-]c4c(cc3)c3ccccc3n4-c3cc(C(C)(C)C)ccn3)c2C(C)(C)C)c(C)c1.[Pt+2]. The molecule has 0 saturated heterocycles. The molecule has 3 aromatic heterocycles. The molecule has 0 amide bonds. The molecule has 0 radical (unpaired) electrons. The topological polar surface area (TPSA) is 38.9 Å². The fraction of sp³-hybridized carbons (Fsp3) is 0.241. The van der Waals surface area contributed by atoms with Crippen LogP contribution in [0, 0.1) is 32.9 Å². The van der Waals surface area contributed by atoms with Crippen LogP contribution < -0.4 is 4.90 Å². The summed E-state index contributed by atoms with van der Waals surface area (Å²) in [5.74, 6) is 0.883. The maximum Gasteiger partial charge on any atom is 2.00 e. The predicted molar refractivity (Wildman–Crippen MR) is 263 cm³/mol. The Labute approximate surface area is 393 Å². The Morgan fingerprint density at radius 1 is 0.609 bits per heavy atom. The number of nitrogens with zero attached hydrogens (tertiary/aromatic N) is 5. The van der Waals surface area contributed by atoms with Crippen LogP contribution in [0.4, 0.5) is 17.1 Å². The number of benzene rings is 6. The van der Waals surface area contributed by atoms with E-state index in [1.54, 1.807) is 0 Å². The van der Waals surface area contributed by atoms with E-state index < -0.39 is 0 Å². The number of fused-ring (bicyclic) bond motifs is 5. The third-order valence-electron chi connectivity index (χ3n) is 13.1. The molecule has 0 saturated carbocycles. The number of hydrogen-bond acceptors (Lipinski definition) is 3. The molecule has 9 aromatic rings. The van der Waals surface area contributed by atoms with Gasteiger partial charge >= 0.3 is 21.1 Å². The van der Waals surface area contributed by atoms with Gasteiger partial charge in [0.1, 0.15) is 11.5 Å². The number of anilines is 3. The van der Waals surface area contributed by atoms with Crippen molar-refractivity contribution < 1.29 is 21.1 Å². The van der Waals surface area contributed by atoms with Gasteiger partial charge in [-0.2, -0.15) is 17.2 Å². The van der Waals surface area contributed by atoms with Gasteiger partial charge in [0.15, 0.2) is 0 Å². The van der Waals surface area contributed by atoms with Gasteiger partial charge in [0.05, 0.1) is 5.69 Å². The van der Waals surface area contributed by atoms with Gasteiger partial charge in [0, 0.05) is 33.9 Å². The van der Waals surface area contributed by atoms with Crippen molar-refractivity contribution >= 4 is 38.9 Å². The van der Waals surface area contributed by atoms with Crippen LogP contribution in [0.15, 0.2) is 134 Å². The van der Waals surface area contributed by atoms with Gasteiger partial charge in [-0.3, -0.25) is 4.68 Å². The molecule has 0 unspecified atom stereocenters. The van der Waals surface area contributed by atoms with E-state index in [1.165, 1.54) is 49.9 Å². The van der Waals surface area contributed by atoms with Crippen LogP contribution in [0.5, 0.6) is 0 Å². The first kappa shape index (κ1) is 43.2. The summed E-state index contributed by atoms with van der Waals surface area (Å²) < 4.78 is 4.46. The van der Waals surface area contributed by atoms with Gasteiger partial charge in [0.2, 0.25) is 0 Å². The molecule has 1 aliphatic rings. The summed E-state index contributed by atoms with van der Waals surface area (Å²) >= 11 is 0. The van der Waals surface area contributed by atoms with Crippen LogP contribution >= 0.6 is 0 Å². The summed E-state index contributed by atoms with van der Waals surface area (Å²) in [6.07, 6.45) is 1.94. The Hall–Kier alpha value is -6.03. The van der Waals surface area contributed by atoms with Gasteiger partial charge in [0.25, 0.3) is 0 Å². The quantitative estimate of drug-likeness (QED) is 0.161. The van der Waals surface area contributed by atoms with Crippen LogP contribution in [0.3, 0.4) is 0 Å².